The lowest BCUT2D eigenvalue weighted by atomic mass is 9.70. The summed E-state index contributed by atoms with van der Waals surface area (Å²) in [5, 5.41) is 3.77. The molecule has 21 heavy (non-hydrogen) atoms. The molecule has 1 atom stereocenters. The summed E-state index contributed by atoms with van der Waals surface area (Å²) in [5.74, 6) is 0.812. The Morgan fingerprint density at radius 2 is 1.52 bits per heavy atom. The Hall–Kier alpha value is -0.820. The van der Waals surface area contributed by atoms with E-state index in [0.29, 0.717) is 0 Å². The molecule has 1 aromatic rings. The molecule has 1 aromatic carbocycles. The van der Waals surface area contributed by atoms with E-state index in [9.17, 15) is 0 Å². The van der Waals surface area contributed by atoms with Crippen molar-refractivity contribution < 1.29 is 0 Å². The molecule has 0 radical (unpaired) electrons. The maximum absolute atomic E-state index is 3.77. The normalized spacial score (nSPS) is 15.2. The summed E-state index contributed by atoms with van der Waals surface area (Å²) >= 11 is 0. The van der Waals surface area contributed by atoms with Crippen molar-refractivity contribution in [3.63, 3.8) is 0 Å². The van der Waals surface area contributed by atoms with Crippen LogP contribution in [0.25, 0.3) is 0 Å². The number of hydrogen-bond donors (Lipinski definition) is 1. The van der Waals surface area contributed by atoms with Gasteiger partial charge in [0.2, 0.25) is 0 Å². The average molecular weight is 290 g/mol. The Balaban J connectivity index is 3.06. The second-order valence-corrected chi connectivity index (χ2v) is 7.49. The molecule has 0 amide bonds. The Morgan fingerprint density at radius 3 is 1.95 bits per heavy atom. The summed E-state index contributed by atoms with van der Waals surface area (Å²) in [6, 6.07) is 11.1. The fourth-order valence-corrected chi connectivity index (χ4v) is 3.12. The highest BCUT2D eigenvalue weighted by atomic mass is 15.0. The fourth-order valence-electron chi connectivity index (χ4n) is 3.12. The van der Waals surface area contributed by atoms with Gasteiger partial charge >= 0.3 is 0 Å². The maximum atomic E-state index is 3.77. The van der Waals surface area contributed by atoms with E-state index < -0.39 is 0 Å². The van der Waals surface area contributed by atoms with Crippen LogP contribution in [-0.2, 0) is 5.41 Å². The van der Waals surface area contributed by atoms with Crippen LogP contribution >= 0.6 is 0 Å². The van der Waals surface area contributed by atoms with Gasteiger partial charge in [0.05, 0.1) is 0 Å². The van der Waals surface area contributed by atoms with Crippen LogP contribution in [0.15, 0.2) is 30.3 Å². The van der Waals surface area contributed by atoms with Crippen molar-refractivity contribution in [3.05, 3.63) is 35.9 Å². The Labute approximate surface area is 132 Å². The van der Waals surface area contributed by atoms with Crippen molar-refractivity contribution in [3.8, 4) is 0 Å². The predicted octanol–water partition coefficient (Wildman–Crippen LogP) is 5.55. The van der Waals surface area contributed by atoms with Gasteiger partial charge in [-0.1, -0.05) is 63.9 Å². The molecule has 0 bridgehead atoms. The molecule has 0 aliphatic heterocycles. The van der Waals surface area contributed by atoms with Crippen LogP contribution in [0.3, 0.4) is 0 Å². The van der Waals surface area contributed by atoms with E-state index in [1.807, 2.05) is 0 Å². The van der Waals surface area contributed by atoms with Gasteiger partial charge in [0.25, 0.3) is 0 Å². The summed E-state index contributed by atoms with van der Waals surface area (Å²) in [6.07, 6.45) is 5.03. The molecule has 0 saturated carbocycles. The van der Waals surface area contributed by atoms with Crippen LogP contribution in [0.4, 0.5) is 0 Å². The summed E-state index contributed by atoms with van der Waals surface area (Å²) in [4.78, 5) is 0. The second kappa shape index (κ2) is 7.98. The van der Waals surface area contributed by atoms with Crippen molar-refractivity contribution >= 4 is 0 Å². The number of benzene rings is 1. The molecule has 1 heteroatoms. The summed E-state index contributed by atoms with van der Waals surface area (Å²) in [5.41, 5.74) is 1.92. The van der Waals surface area contributed by atoms with E-state index in [2.05, 4.69) is 77.2 Å². The van der Waals surface area contributed by atoms with Crippen LogP contribution in [0.5, 0.6) is 0 Å². The van der Waals surface area contributed by atoms with Crippen molar-refractivity contribution in [1.29, 1.82) is 0 Å². The van der Waals surface area contributed by atoms with E-state index in [4.69, 9.17) is 0 Å². The van der Waals surface area contributed by atoms with Crippen molar-refractivity contribution in [2.24, 2.45) is 5.92 Å². The minimum atomic E-state index is 0.170. The minimum Gasteiger partial charge on any atom is -0.311 e. The van der Waals surface area contributed by atoms with Gasteiger partial charge in [-0.05, 0) is 45.1 Å². The molecule has 1 N–H and O–H groups in total. The molecule has 0 saturated heterocycles. The summed E-state index contributed by atoms with van der Waals surface area (Å²) < 4.78 is 0. The predicted molar refractivity (Wildman–Crippen MR) is 94.9 cm³/mol. The standard InChI is InChI=1S/C20H35N/c1-7-17(8-2)15-20(9-3,16-21-19(4,5)6)18-13-11-10-12-14-18/h10-14,17,21H,7-9,15-16H2,1-6H3. The Bertz CT molecular complexity index is 386. The highest BCUT2D eigenvalue weighted by Crippen LogP contribution is 2.36. The number of nitrogens with one attached hydrogen (secondary N) is 1. The number of rotatable bonds is 8. The third-order valence-electron chi connectivity index (χ3n) is 4.85. The van der Waals surface area contributed by atoms with E-state index in [0.717, 1.165) is 12.5 Å². The van der Waals surface area contributed by atoms with Gasteiger partial charge in [0, 0.05) is 17.5 Å². The summed E-state index contributed by atoms with van der Waals surface area (Å²) in [6.45, 7) is 14.8. The van der Waals surface area contributed by atoms with Crippen LogP contribution < -0.4 is 5.32 Å². The number of hydrogen-bond acceptors (Lipinski definition) is 1. The van der Waals surface area contributed by atoms with Gasteiger partial charge in [-0.3, -0.25) is 0 Å². The first kappa shape index (κ1) is 18.2. The lowest BCUT2D eigenvalue weighted by Crippen LogP contribution is -2.46. The minimum absolute atomic E-state index is 0.170. The van der Waals surface area contributed by atoms with Gasteiger partial charge < -0.3 is 5.32 Å². The van der Waals surface area contributed by atoms with E-state index >= 15 is 0 Å². The summed E-state index contributed by atoms with van der Waals surface area (Å²) in [7, 11) is 0. The zero-order valence-electron chi connectivity index (χ0n) is 15.0. The van der Waals surface area contributed by atoms with Crippen molar-refractivity contribution in [2.75, 3.05) is 6.54 Å². The Kier molecular flexibility index (Phi) is 6.93. The third-order valence-corrected chi connectivity index (χ3v) is 4.85. The fraction of sp³-hybridized carbons (Fsp3) is 0.700. The van der Waals surface area contributed by atoms with Gasteiger partial charge in [0.15, 0.2) is 0 Å². The molecular weight excluding hydrogens is 254 g/mol. The quantitative estimate of drug-likeness (QED) is 0.661. The smallest absolute Gasteiger partial charge is 0.00968 e. The SMILES string of the molecule is CCC(CC)CC(CC)(CNC(C)(C)C)c1ccccc1. The van der Waals surface area contributed by atoms with E-state index in [1.165, 1.54) is 31.2 Å². The maximum Gasteiger partial charge on any atom is 0.00968 e. The van der Waals surface area contributed by atoms with E-state index in [1.54, 1.807) is 0 Å². The van der Waals surface area contributed by atoms with E-state index in [-0.39, 0.29) is 11.0 Å². The lowest BCUT2D eigenvalue weighted by Gasteiger charge is -2.39. The molecule has 1 nitrogen and oxygen atoms in total. The van der Waals surface area contributed by atoms with Crippen LogP contribution in [0, 0.1) is 5.92 Å². The van der Waals surface area contributed by atoms with Gasteiger partial charge in [0.1, 0.15) is 0 Å². The molecule has 120 valence electrons. The van der Waals surface area contributed by atoms with Crippen LogP contribution in [0.2, 0.25) is 0 Å². The first-order chi connectivity index (χ1) is 9.87. The zero-order valence-corrected chi connectivity index (χ0v) is 15.0. The van der Waals surface area contributed by atoms with Gasteiger partial charge in [-0.2, -0.15) is 0 Å². The average Bonchev–Trinajstić information content (AvgIpc) is 2.48. The molecule has 0 aromatic heterocycles. The molecule has 0 fully saturated rings. The second-order valence-electron chi connectivity index (χ2n) is 7.49. The molecule has 0 aliphatic rings. The molecular formula is C20H35N. The van der Waals surface area contributed by atoms with Crippen molar-refractivity contribution in [1.82, 2.24) is 5.32 Å². The van der Waals surface area contributed by atoms with Crippen LogP contribution in [0.1, 0.15) is 72.8 Å². The molecule has 0 spiro atoms. The van der Waals surface area contributed by atoms with Crippen LogP contribution in [-0.4, -0.2) is 12.1 Å². The molecule has 1 rings (SSSR count). The first-order valence-corrected chi connectivity index (χ1v) is 8.67. The highest BCUT2D eigenvalue weighted by Gasteiger charge is 2.33. The third kappa shape index (κ3) is 5.47. The zero-order chi connectivity index (χ0) is 15.9. The molecule has 0 aliphatic carbocycles. The monoisotopic (exact) mass is 289 g/mol. The molecule has 1 unspecified atom stereocenters. The first-order valence-electron chi connectivity index (χ1n) is 8.67. The topological polar surface area (TPSA) is 12.0 Å². The van der Waals surface area contributed by atoms with Gasteiger partial charge in [-0.15, -0.1) is 0 Å². The largest absolute Gasteiger partial charge is 0.311 e. The Morgan fingerprint density at radius 1 is 0.952 bits per heavy atom. The lowest BCUT2D eigenvalue weighted by molar-refractivity contribution is 0.255. The molecule has 0 heterocycles. The van der Waals surface area contributed by atoms with Gasteiger partial charge in [-0.25, -0.2) is 0 Å². The van der Waals surface area contributed by atoms with Crippen molar-refractivity contribution in [2.45, 2.75) is 78.2 Å². The highest BCUT2D eigenvalue weighted by molar-refractivity contribution is 5.26.